The highest BCUT2D eigenvalue weighted by atomic mass is 16.2. The lowest BCUT2D eigenvalue weighted by molar-refractivity contribution is 0.0779. The number of H-pyrrole nitrogens is 1. The Bertz CT molecular complexity index is 912. The molecule has 1 fully saturated rings. The maximum absolute atomic E-state index is 12.8. The van der Waals surface area contributed by atoms with Crippen molar-refractivity contribution in [2.45, 2.75) is 25.9 Å². The van der Waals surface area contributed by atoms with E-state index in [1.807, 2.05) is 30.3 Å². The molecule has 1 aromatic carbocycles. The SMILES string of the molecule is CN(Cc1cn[nH]c1-c1ccccc1)C(=O)c1cn(C[C@H]2CCCNC2)nn1. The van der Waals surface area contributed by atoms with Gasteiger partial charge in [0.05, 0.1) is 18.1 Å². The van der Waals surface area contributed by atoms with Gasteiger partial charge in [-0.2, -0.15) is 5.10 Å². The van der Waals surface area contributed by atoms with Crippen molar-refractivity contribution in [1.29, 1.82) is 0 Å². The lowest BCUT2D eigenvalue weighted by Gasteiger charge is -2.22. The van der Waals surface area contributed by atoms with Crippen molar-refractivity contribution in [3.8, 4) is 11.3 Å². The standard InChI is InChI=1S/C20H25N7O/c1-26(13-17-11-22-24-19(17)16-7-3-2-4-8-16)20(28)18-14-27(25-23-18)12-15-6-5-9-21-10-15/h2-4,7-8,11,14-15,21H,5-6,9-10,12-13H2,1H3,(H,22,24)/t15-/m0/s1. The number of hydrogen-bond acceptors (Lipinski definition) is 5. The second-order valence-electron chi connectivity index (χ2n) is 7.34. The number of benzene rings is 1. The first-order valence-corrected chi connectivity index (χ1v) is 9.64. The van der Waals surface area contributed by atoms with Gasteiger partial charge >= 0.3 is 0 Å². The average Bonchev–Trinajstić information content (AvgIpc) is 3.38. The van der Waals surface area contributed by atoms with Crippen LogP contribution in [0.2, 0.25) is 0 Å². The second-order valence-corrected chi connectivity index (χ2v) is 7.34. The average molecular weight is 379 g/mol. The van der Waals surface area contributed by atoms with Gasteiger partial charge in [0.25, 0.3) is 5.91 Å². The van der Waals surface area contributed by atoms with Crippen LogP contribution in [0.1, 0.15) is 28.9 Å². The predicted octanol–water partition coefficient (Wildman–Crippen LogP) is 1.94. The lowest BCUT2D eigenvalue weighted by Crippen LogP contribution is -2.32. The fourth-order valence-electron chi connectivity index (χ4n) is 3.64. The molecule has 1 saturated heterocycles. The number of aromatic nitrogens is 5. The highest BCUT2D eigenvalue weighted by Crippen LogP contribution is 2.22. The van der Waals surface area contributed by atoms with E-state index in [-0.39, 0.29) is 5.91 Å². The number of amides is 1. The molecule has 1 atom stereocenters. The highest BCUT2D eigenvalue weighted by molar-refractivity contribution is 5.91. The number of aromatic amines is 1. The van der Waals surface area contributed by atoms with Crippen molar-refractivity contribution in [3.05, 3.63) is 54.0 Å². The largest absolute Gasteiger partial charge is 0.336 e. The molecule has 0 aliphatic carbocycles. The topological polar surface area (TPSA) is 91.7 Å². The third-order valence-corrected chi connectivity index (χ3v) is 5.14. The van der Waals surface area contributed by atoms with Crippen molar-refractivity contribution in [1.82, 2.24) is 35.4 Å². The molecule has 3 heterocycles. The van der Waals surface area contributed by atoms with Gasteiger partial charge in [-0.1, -0.05) is 35.5 Å². The predicted molar refractivity (Wildman–Crippen MR) is 105 cm³/mol. The fraction of sp³-hybridized carbons (Fsp3) is 0.400. The van der Waals surface area contributed by atoms with E-state index in [1.165, 1.54) is 12.8 Å². The second kappa shape index (κ2) is 8.35. The van der Waals surface area contributed by atoms with E-state index < -0.39 is 0 Å². The summed E-state index contributed by atoms with van der Waals surface area (Å²) in [6.45, 7) is 3.31. The highest BCUT2D eigenvalue weighted by Gasteiger charge is 2.20. The van der Waals surface area contributed by atoms with Crippen LogP contribution in [0.15, 0.2) is 42.7 Å². The third kappa shape index (κ3) is 4.12. The van der Waals surface area contributed by atoms with E-state index in [4.69, 9.17) is 0 Å². The van der Waals surface area contributed by atoms with Crippen LogP contribution >= 0.6 is 0 Å². The molecule has 1 amide bonds. The minimum Gasteiger partial charge on any atom is -0.336 e. The maximum atomic E-state index is 12.8. The number of carbonyl (C=O) groups is 1. The molecule has 3 aromatic rings. The van der Waals surface area contributed by atoms with Gasteiger partial charge in [0.15, 0.2) is 5.69 Å². The van der Waals surface area contributed by atoms with Crippen LogP contribution in [0.3, 0.4) is 0 Å². The van der Waals surface area contributed by atoms with E-state index in [1.54, 1.807) is 29.0 Å². The van der Waals surface area contributed by atoms with Crippen molar-refractivity contribution in [3.63, 3.8) is 0 Å². The molecule has 0 radical (unpaired) electrons. The van der Waals surface area contributed by atoms with E-state index in [0.29, 0.717) is 18.2 Å². The molecule has 146 valence electrons. The lowest BCUT2D eigenvalue weighted by atomic mass is 10.00. The summed E-state index contributed by atoms with van der Waals surface area (Å²) in [4.78, 5) is 14.4. The fourth-order valence-corrected chi connectivity index (χ4v) is 3.64. The number of nitrogens with one attached hydrogen (secondary N) is 2. The Labute approximate surface area is 163 Å². The molecule has 8 nitrogen and oxygen atoms in total. The molecule has 4 rings (SSSR count). The van der Waals surface area contributed by atoms with Crippen LogP contribution in [0.5, 0.6) is 0 Å². The van der Waals surface area contributed by atoms with Gasteiger partial charge in [-0.15, -0.1) is 5.10 Å². The van der Waals surface area contributed by atoms with E-state index in [9.17, 15) is 4.79 Å². The minimum atomic E-state index is -0.145. The Morgan fingerprint density at radius 2 is 2.18 bits per heavy atom. The Hall–Kier alpha value is -3.00. The molecular weight excluding hydrogens is 354 g/mol. The Morgan fingerprint density at radius 1 is 1.32 bits per heavy atom. The summed E-state index contributed by atoms with van der Waals surface area (Å²) < 4.78 is 1.78. The Morgan fingerprint density at radius 3 is 2.96 bits per heavy atom. The summed E-state index contributed by atoms with van der Waals surface area (Å²) in [5.74, 6) is 0.392. The molecule has 0 spiro atoms. The van der Waals surface area contributed by atoms with E-state index in [0.717, 1.165) is 36.5 Å². The van der Waals surface area contributed by atoms with E-state index >= 15 is 0 Å². The summed E-state index contributed by atoms with van der Waals surface area (Å²) in [7, 11) is 1.77. The first-order valence-electron chi connectivity index (χ1n) is 9.64. The van der Waals surface area contributed by atoms with Crippen LogP contribution in [0, 0.1) is 5.92 Å². The van der Waals surface area contributed by atoms with Gasteiger partial charge in [-0.25, -0.2) is 0 Å². The summed E-state index contributed by atoms with van der Waals surface area (Å²) in [6.07, 6.45) is 5.88. The zero-order chi connectivity index (χ0) is 19.3. The summed E-state index contributed by atoms with van der Waals surface area (Å²) >= 11 is 0. The van der Waals surface area contributed by atoms with Crippen molar-refractivity contribution in [2.75, 3.05) is 20.1 Å². The van der Waals surface area contributed by atoms with E-state index in [2.05, 4.69) is 25.8 Å². The van der Waals surface area contributed by atoms with Crippen LogP contribution in [-0.4, -0.2) is 56.1 Å². The molecule has 8 heteroatoms. The quantitative estimate of drug-likeness (QED) is 0.683. The zero-order valence-electron chi connectivity index (χ0n) is 16.0. The molecule has 2 aromatic heterocycles. The van der Waals surface area contributed by atoms with Crippen LogP contribution in [0.4, 0.5) is 0 Å². The molecule has 1 aliphatic rings. The van der Waals surface area contributed by atoms with Gasteiger partial charge in [0.2, 0.25) is 0 Å². The van der Waals surface area contributed by atoms with Gasteiger partial charge in [-0.05, 0) is 37.4 Å². The first kappa shape index (κ1) is 18.4. The van der Waals surface area contributed by atoms with Crippen molar-refractivity contribution < 1.29 is 4.79 Å². The number of rotatable bonds is 6. The van der Waals surface area contributed by atoms with Gasteiger partial charge in [0, 0.05) is 25.7 Å². The van der Waals surface area contributed by atoms with Crippen LogP contribution < -0.4 is 5.32 Å². The van der Waals surface area contributed by atoms with Crippen molar-refractivity contribution >= 4 is 5.91 Å². The maximum Gasteiger partial charge on any atom is 0.276 e. The molecule has 28 heavy (non-hydrogen) atoms. The Balaban J connectivity index is 1.41. The molecular formula is C20H25N7O. The monoisotopic (exact) mass is 379 g/mol. The first-order chi connectivity index (χ1) is 13.7. The normalized spacial score (nSPS) is 16.8. The van der Waals surface area contributed by atoms with Crippen LogP contribution in [-0.2, 0) is 13.1 Å². The van der Waals surface area contributed by atoms with Crippen molar-refractivity contribution in [2.24, 2.45) is 5.92 Å². The summed E-state index contributed by atoms with van der Waals surface area (Å²) in [5, 5.41) is 18.8. The summed E-state index contributed by atoms with van der Waals surface area (Å²) in [5.41, 5.74) is 3.30. The zero-order valence-corrected chi connectivity index (χ0v) is 16.0. The molecule has 2 N–H and O–H groups in total. The van der Waals surface area contributed by atoms with Gasteiger partial charge in [-0.3, -0.25) is 14.6 Å². The Kier molecular flexibility index (Phi) is 5.48. The number of hydrogen-bond donors (Lipinski definition) is 2. The molecule has 1 aliphatic heterocycles. The smallest absolute Gasteiger partial charge is 0.276 e. The number of carbonyl (C=O) groups excluding carboxylic acids is 1. The number of piperidine rings is 1. The van der Waals surface area contributed by atoms with Gasteiger partial charge < -0.3 is 10.2 Å². The molecule has 0 unspecified atom stereocenters. The summed E-state index contributed by atoms with van der Waals surface area (Å²) in [6, 6.07) is 9.97. The third-order valence-electron chi connectivity index (χ3n) is 5.14. The molecule has 0 bridgehead atoms. The minimum absolute atomic E-state index is 0.145. The van der Waals surface area contributed by atoms with Gasteiger partial charge in [0.1, 0.15) is 0 Å². The van der Waals surface area contributed by atoms with Crippen LogP contribution in [0.25, 0.3) is 11.3 Å². The molecule has 0 saturated carbocycles. The number of nitrogens with zero attached hydrogens (tertiary/aromatic N) is 5.